The molecular weight excluding hydrogens is 326 g/mol. The van der Waals surface area contributed by atoms with Crippen LogP contribution < -0.4 is 5.32 Å². The Hall–Kier alpha value is -2.89. The van der Waals surface area contributed by atoms with E-state index in [1.54, 1.807) is 13.2 Å². The molecule has 26 heavy (non-hydrogen) atoms. The van der Waals surface area contributed by atoms with E-state index in [2.05, 4.69) is 49.7 Å². The van der Waals surface area contributed by atoms with E-state index in [4.69, 9.17) is 0 Å². The summed E-state index contributed by atoms with van der Waals surface area (Å²) in [7, 11) is 1.68. The summed E-state index contributed by atoms with van der Waals surface area (Å²) >= 11 is 0. The van der Waals surface area contributed by atoms with Crippen molar-refractivity contribution < 1.29 is 4.79 Å². The molecule has 3 aromatic rings. The van der Waals surface area contributed by atoms with Gasteiger partial charge in [0.2, 0.25) is 5.91 Å². The molecule has 0 atom stereocenters. The largest absolute Gasteiger partial charge is 0.359 e. The lowest BCUT2D eigenvalue weighted by atomic mass is 10.1. The van der Waals surface area contributed by atoms with Gasteiger partial charge in [0.25, 0.3) is 0 Å². The van der Waals surface area contributed by atoms with Crippen LogP contribution in [0, 0.1) is 0 Å². The number of nitrogens with zero attached hydrogens (tertiary/aromatic N) is 2. The summed E-state index contributed by atoms with van der Waals surface area (Å²) in [6.45, 7) is 0. The lowest BCUT2D eigenvalue weighted by Gasteiger charge is -2.02. The molecule has 0 aliphatic rings. The predicted molar refractivity (Wildman–Crippen MR) is 102 cm³/mol. The molecule has 6 nitrogen and oxygen atoms in total. The lowest BCUT2D eigenvalue weighted by molar-refractivity contribution is -0.120. The van der Waals surface area contributed by atoms with Gasteiger partial charge in [0.05, 0.1) is 17.6 Å². The number of hydrogen-bond donors (Lipinski definition) is 3. The van der Waals surface area contributed by atoms with E-state index in [-0.39, 0.29) is 5.91 Å². The highest BCUT2D eigenvalue weighted by atomic mass is 16.1. The average molecular weight is 351 g/mol. The fourth-order valence-electron chi connectivity index (χ4n) is 2.94. The van der Waals surface area contributed by atoms with E-state index in [9.17, 15) is 4.79 Å². The zero-order valence-electron chi connectivity index (χ0n) is 15.1. The molecule has 0 saturated carbocycles. The number of benzene rings is 1. The fraction of sp³-hybridized carbons (Fsp3) is 0.350. The second kappa shape index (κ2) is 8.99. The molecule has 0 unspecified atom stereocenters. The molecule has 0 saturated heterocycles. The summed E-state index contributed by atoms with van der Waals surface area (Å²) in [6, 6.07) is 10.3. The van der Waals surface area contributed by atoms with Crippen molar-refractivity contribution in [2.24, 2.45) is 0 Å². The Labute approximate surface area is 153 Å². The van der Waals surface area contributed by atoms with Gasteiger partial charge in [-0.1, -0.05) is 37.1 Å². The van der Waals surface area contributed by atoms with Crippen molar-refractivity contribution >= 4 is 5.91 Å². The van der Waals surface area contributed by atoms with Crippen molar-refractivity contribution in [2.45, 2.75) is 38.5 Å². The molecule has 0 bridgehead atoms. The number of aromatic nitrogens is 4. The van der Waals surface area contributed by atoms with Crippen molar-refractivity contribution in [3.8, 4) is 22.5 Å². The minimum absolute atomic E-state index is 0.124. The van der Waals surface area contributed by atoms with Crippen LogP contribution in [0.1, 0.15) is 37.9 Å². The zero-order chi connectivity index (χ0) is 18.2. The molecule has 0 aliphatic heterocycles. The normalized spacial score (nSPS) is 10.8. The second-order valence-corrected chi connectivity index (χ2v) is 6.38. The molecule has 0 spiro atoms. The number of carbonyl (C=O) groups excluding carboxylic acids is 1. The number of amides is 1. The highest BCUT2D eigenvalue weighted by molar-refractivity contribution is 5.75. The van der Waals surface area contributed by atoms with Gasteiger partial charge in [-0.05, 0) is 30.0 Å². The van der Waals surface area contributed by atoms with Crippen molar-refractivity contribution in [1.29, 1.82) is 0 Å². The first-order chi connectivity index (χ1) is 12.8. The summed E-state index contributed by atoms with van der Waals surface area (Å²) in [4.78, 5) is 19.1. The Morgan fingerprint density at radius 1 is 1.00 bits per heavy atom. The number of unbranched alkanes of at least 4 members (excludes halogenated alkanes) is 3. The molecule has 2 heterocycles. The molecule has 0 fully saturated rings. The number of H-pyrrole nitrogens is 2. The van der Waals surface area contributed by atoms with E-state index in [1.807, 2.05) is 12.3 Å². The summed E-state index contributed by atoms with van der Waals surface area (Å²) in [6.07, 6.45) is 9.43. The first-order valence-electron chi connectivity index (χ1n) is 9.11. The SMILES string of the molecule is CNC(=O)CCCCCCc1ncc(-c2ccc(-c3ccn[nH]3)cc2)[nH]1. The van der Waals surface area contributed by atoms with Crippen LogP contribution in [0.15, 0.2) is 42.7 Å². The van der Waals surface area contributed by atoms with Crippen LogP contribution in [0.5, 0.6) is 0 Å². The maximum atomic E-state index is 11.2. The maximum absolute atomic E-state index is 11.2. The molecular formula is C20H25N5O. The van der Waals surface area contributed by atoms with Gasteiger partial charge in [-0.2, -0.15) is 5.10 Å². The minimum atomic E-state index is 0.124. The van der Waals surface area contributed by atoms with Gasteiger partial charge < -0.3 is 10.3 Å². The van der Waals surface area contributed by atoms with Crippen molar-refractivity contribution in [3.05, 3.63) is 48.5 Å². The smallest absolute Gasteiger partial charge is 0.219 e. The summed E-state index contributed by atoms with van der Waals surface area (Å²) < 4.78 is 0. The molecule has 1 amide bonds. The third-order valence-electron chi connectivity index (χ3n) is 4.48. The number of rotatable bonds is 9. The van der Waals surface area contributed by atoms with Gasteiger partial charge in [0, 0.05) is 26.1 Å². The van der Waals surface area contributed by atoms with Crippen LogP contribution in [0.3, 0.4) is 0 Å². The molecule has 136 valence electrons. The van der Waals surface area contributed by atoms with Gasteiger partial charge in [0.15, 0.2) is 0 Å². The predicted octanol–water partition coefficient (Wildman–Crippen LogP) is 3.71. The van der Waals surface area contributed by atoms with E-state index in [1.165, 1.54) is 0 Å². The highest BCUT2D eigenvalue weighted by Crippen LogP contribution is 2.22. The third-order valence-corrected chi connectivity index (χ3v) is 4.48. The standard InChI is InChI=1S/C20H25N5O/c1-21-20(26)7-5-3-2-4-6-19-22-14-18(24-19)16-10-8-15(9-11-16)17-12-13-23-25-17/h8-14H,2-7H2,1H3,(H,21,26)(H,22,24)(H,23,25). The molecule has 2 aromatic heterocycles. The number of aromatic amines is 2. The van der Waals surface area contributed by atoms with Gasteiger partial charge in [0.1, 0.15) is 5.82 Å². The second-order valence-electron chi connectivity index (χ2n) is 6.38. The zero-order valence-corrected chi connectivity index (χ0v) is 15.1. The minimum Gasteiger partial charge on any atom is -0.359 e. The first kappa shape index (κ1) is 17.9. The van der Waals surface area contributed by atoms with Crippen LogP contribution in [-0.2, 0) is 11.2 Å². The van der Waals surface area contributed by atoms with Gasteiger partial charge >= 0.3 is 0 Å². The maximum Gasteiger partial charge on any atom is 0.219 e. The Morgan fingerprint density at radius 2 is 1.73 bits per heavy atom. The molecule has 1 aromatic carbocycles. The number of aryl methyl sites for hydroxylation is 1. The van der Waals surface area contributed by atoms with E-state index < -0.39 is 0 Å². The third kappa shape index (κ3) is 4.81. The Bertz CT molecular complexity index is 805. The van der Waals surface area contributed by atoms with Gasteiger partial charge in [-0.15, -0.1) is 0 Å². The highest BCUT2D eigenvalue weighted by Gasteiger charge is 2.05. The molecule has 6 heteroatoms. The molecule has 3 rings (SSSR count). The van der Waals surface area contributed by atoms with Crippen LogP contribution in [-0.4, -0.2) is 33.1 Å². The molecule has 3 N–H and O–H groups in total. The number of nitrogens with one attached hydrogen (secondary N) is 3. The van der Waals surface area contributed by atoms with E-state index >= 15 is 0 Å². The Balaban J connectivity index is 1.46. The lowest BCUT2D eigenvalue weighted by Crippen LogP contribution is -2.16. The number of hydrogen-bond acceptors (Lipinski definition) is 3. The monoisotopic (exact) mass is 351 g/mol. The fourth-order valence-corrected chi connectivity index (χ4v) is 2.94. The van der Waals surface area contributed by atoms with Crippen molar-refractivity contribution in [2.75, 3.05) is 7.05 Å². The van der Waals surface area contributed by atoms with E-state index in [0.717, 1.165) is 60.4 Å². The average Bonchev–Trinajstić information content (AvgIpc) is 3.36. The van der Waals surface area contributed by atoms with Crippen LogP contribution in [0.4, 0.5) is 0 Å². The molecule has 0 aliphatic carbocycles. The van der Waals surface area contributed by atoms with Crippen LogP contribution >= 0.6 is 0 Å². The Kier molecular flexibility index (Phi) is 6.19. The summed E-state index contributed by atoms with van der Waals surface area (Å²) in [5.74, 6) is 1.14. The van der Waals surface area contributed by atoms with Gasteiger partial charge in [-0.3, -0.25) is 9.89 Å². The summed E-state index contributed by atoms with van der Waals surface area (Å²) in [5.41, 5.74) is 4.29. The summed E-state index contributed by atoms with van der Waals surface area (Å²) in [5, 5.41) is 9.61. The Morgan fingerprint density at radius 3 is 2.42 bits per heavy atom. The van der Waals surface area contributed by atoms with Crippen LogP contribution in [0.25, 0.3) is 22.5 Å². The van der Waals surface area contributed by atoms with Crippen molar-refractivity contribution in [3.63, 3.8) is 0 Å². The van der Waals surface area contributed by atoms with Crippen molar-refractivity contribution in [1.82, 2.24) is 25.5 Å². The topological polar surface area (TPSA) is 86.5 Å². The molecule has 0 radical (unpaired) electrons. The van der Waals surface area contributed by atoms with Gasteiger partial charge in [-0.25, -0.2) is 4.98 Å². The van der Waals surface area contributed by atoms with E-state index in [0.29, 0.717) is 6.42 Å². The number of imidazole rings is 1. The van der Waals surface area contributed by atoms with Crippen LogP contribution in [0.2, 0.25) is 0 Å². The number of carbonyl (C=O) groups is 1. The first-order valence-corrected chi connectivity index (χ1v) is 9.11. The quantitative estimate of drug-likeness (QED) is 0.514.